The Hall–Kier alpha value is -1.50. The van der Waals surface area contributed by atoms with Gasteiger partial charge in [-0.1, -0.05) is 16.9 Å². The zero-order chi connectivity index (χ0) is 9.97. The molecule has 2 N–H and O–H groups in total. The summed E-state index contributed by atoms with van der Waals surface area (Å²) in [6.07, 6.45) is 1.61. The minimum Gasteiger partial charge on any atom is -0.368 e. The Morgan fingerprint density at radius 1 is 1.57 bits per heavy atom. The maximum absolute atomic E-state index is 5.53. The predicted molar refractivity (Wildman–Crippen MR) is 51.5 cm³/mol. The Balaban J connectivity index is 2.02. The number of hydrogen-bond donors (Lipinski definition) is 1. The molecular formula is C7H9N5OS. The quantitative estimate of drug-likeness (QED) is 0.751. The SMILES string of the molecule is Cn1c(N)nnc1SCc1ccno1. The number of nitrogens with two attached hydrogens (primary N) is 1. The Morgan fingerprint density at radius 3 is 3.00 bits per heavy atom. The molecule has 2 heterocycles. The van der Waals surface area contributed by atoms with E-state index < -0.39 is 0 Å². The van der Waals surface area contributed by atoms with Crippen LogP contribution in [0.2, 0.25) is 0 Å². The Morgan fingerprint density at radius 2 is 2.43 bits per heavy atom. The molecule has 0 amide bonds. The van der Waals surface area contributed by atoms with Gasteiger partial charge in [0.25, 0.3) is 0 Å². The fourth-order valence-electron chi connectivity index (χ4n) is 0.904. The fraction of sp³-hybridized carbons (Fsp3) is 0.286. The largest absolute Gasteiger partial charge is 0.368 e. The average Bonchev–Trinajstić information content (AvgIpc) is 2.77. The third kappa shape index (κ3) is 1.72. The van der Waals surface area contributed by atoms with Crippen molar-refractivity contribution >= 4 is 17.7 Å². The average molecular weight is 211 g/mol. The van der Waals surface area contributed by atoms with Crippen molar-refractivity contribution < 1.29 is 4.52 Å². The number of aromatic nitrogens is 4. The number of rotatable bonds is 3. The third-order valence-corrected chi connectivity index (χ3v) is 2.75. The van der Waals surface area contributed by atoms with Crippen molar-refractivity contribution in [3.05, 3.63) is 18.0 Å². The molecule has 0 spiro atoms. The summed E-state index contributed by atoms with van der Waals surface area (Å²) in [7, 11) is 1.82. The first-order chi connectivity index (χ1) is 6.77. The van der Waals surface area contributed by atoms with Crippen molar-refractivity contribution in [2.45, 2.75) is 10.9 Å². The van der Waals surface area contributed by atoms with E-state index in [1.165, 1.54) is 11.8 Å². The molecule has 2 rings (SSSR count). The van der Waals surface area contributed by atoms with Crippen LogP contribution in [0.25, 0.3) is 0 Å². The molecule has 0 aliphatic heterocycles. The molecule has 0 aliphatic carbocycles. The molecule has 2 aromatic rings. The van der Waals surface area contributed by atoms with Gasteiger partial charge in [-0.05, 0) is 0 Å². The van der Waals surface area contributed by atoms with Crippen LogP contribution >= 0.6 is 11.8 Å². The van der Waals surface area contributed by atoms with Crippen LogP contribution in [0, 0.1) is 0 Å². The van der Waals surface area contributed by atoms with E-state index in [-0.39, 0.29) is 0 Å². The standard InChI is InChI=1S/C7H9N5OS/c1-12-6(8)10-11-7(12)14-4-5-2-3-9-13-5/h2-3H,4H2,1H3,(H2,8,10). The number of nitrogen functional groups attached to an aromatic ring is 1. The zero-order valence-electron chi connectivity index (χ0n) is 7.54. The first-order valence-electron chi connectivity index (χ1n) is 3.94. The molecule has 2 aromatic heterocycles. The lowest BCUT2D eigenvalue weighted by atomic mass is 10.5. The summed E-state index contributed by atoms with van der Waals surface area (Å²) >= 11 is 1.50. The monoisotopic (exact) mass is 211 g/mol. The number of nitrogens with zero attached hydrogens (tertiary/aromatic N) is 4. The van der Waals surface area contributed by atoms with Crippen LogP contribution in [0.5, 0.6) is 0 Å². The molecule has 0 atom stereocenters. The van der Waals surface area contributed by atoms with Gasteiger partial charge in [-0.25, -0.2) is 0 Å². The first-order valence-corrected chi connectivity index (χ1v) is 4.93. The van der Waals surface area contributed by atoms with Gasteiger partial charge >= 0.3 is 0 Å². The number of anilines is 1. The van der Waals surface area contributed by atoms with Crippen molar-refractivity contribution in [1.29, 1.82) is 0 Å². The summed E-state index contributed by atoms with van der Waals surface area (Å²) in [5, 5.41) is 12.0. The Labute approximate surface area is 84.5 Å². The second-order valence-electron chi connectivity index (χ2n) is 2.67. The molecule has 0 saturated carbocycles. The molecule has 0 bridgehead atoms. The zero-order valence-corrected chi connectivity index (χ0v) is 8.36. The highest BCUT2D eigenvalue weighted by atomic mass is 32.2. The minimum absolute atomic E-state index is 0.407. The highest BCUT2D eigenvalue weighted by molar-refractivity contribution is 7.98. The molecule has 0 aromatic carbocycles. The van der Waals surface area contributed by atoms with Crippen LogP contribution < -0.4 is 5.73 Å². The normalized spacial score (nSPS) is 10.6. The van der Waals surface area contributed by atoms with Gasteiger partial charge in [0.15, 0.2) is 5.16 Å². The van der Waals surface area contributed by atoms with Crippen LogP contribution in [0.3, 0.4) is 0 Å². The van der Waals surface area contributed by atoms with Gasteiger partial charge in [0, 0.05) is 13.1 Å². The van der Waals surface area contributed by atoms with Crippen LogP contribution in [-0.2, 0) is 12.8 Å². The smallest absolute Gasteiger partial charge is 0.222 e. The topological polar surface area (TPSA) is 82.8 Å². The second kappa shape index (κ2) is 3.70. The second-order valence-corrected chi connectivity index (χ2v) is 3.61. The highest BCUT2D eigenvalue weighted by Gasteiger charge is 2.07. The van der Waals surface area contributed by atoms with Gasteiger partial charge in [-0.15, -0.1) is 10.2 Å². The first kappa shape index (κ1) is 9.07. The fourth-order valence-corrected chi connectivity index (χ4v) is 1.71. The highest BCUT2D eigenvalue weighted by Crippen LogP contribution is 2.20. The molecule has 0 radical (unpaired) electrons. The molecule has 0 saturated heterocycles. The summed E-state index contributed by atoms with van der Waals surface area (Å²) in [5.41, 5.74) is 5.53. The Bertz CT molecular complexity index is 410. The van der Waals surface area contributed by atoms with Gasteiger partial charge in [0.2, 0.25) is 5.95 Å². The summed E-state index contributed by atoms with van der Waals surface area (Å²) in [5.74, 6) is 1.88. The van der Waals surface area contributed by atoms with E-state index >= 15 is 0 Å². The van der Waals surface area contributed by atoms with E-state index in [1.54, 1.807) is 10.8 Å². The molecule has 0 unspecified atom stereocenters. The van der Waals surface area contributed by atoms with Gasteiger partial charge in [0.1, 0.15) is 5.76 Å². The van der Waals surface area contributed by atoms with E-state index in [1.807, 2.05) is 13.1 Å². The lowest BCUT2D eigenvalue weighted by molar-refractivity contribution is 0.395. The van der Waals surface area contributed by atoms with Crippen molar-refractivity contribution in [3.63, 3.8) is 0 Å². The number of thioether (sulfide) groups is 1. The van der Waals surface area contributed by atoms with Crippen molar-refractivity contribution in [3.8, 4) is 0 Å². The van der Waals surface area contributed by atoms with Crippen LogP contribution in [-0.4, -0.2) is 19.9 Å². The van der Waals surface area contributed by atoms with Gasteiger partial charge in [0.05, 0.1) is 11.9 Å². The maximum atomic E-state index is 5.53. The summed E-state index contributed by atoms with van der Waals surface area (Å²) < 4.78 is 6.67. The van der Waals surface area contributed by atoms with Crippen LogP contribution in [0.1, 0.15) is 5.76 Å². The maximum Gasteiger partial charge on any atom is 0.222 e. The van der Waals surface area contributed by atoms with E-state index in [0.717, 1.165) is 10.9 Å². The predicted octanol–water partition coefficient (Wildman–Crippen LogP) is 0.678. The van der Waals surface area contributed by atoms with Gasteiger partial charge < -0.3 is 10.3 Å². The summed E-state index contributed by atoms with van der Waals surface area (Å²) in [6, 6.07) is 1.81. The molecule has 74 valence electrons. The Kier molecular flexibility index (Phi) is 2.40. The van der Waals surface area contributed by atoms with Gasteiger partial charge in [-0.3, -0.25) is 4.57 Å². The van der Waals surface area contributed by atoms with Crippen molar-refractivity contribution in [2.75, 3.05) is 5.73 Å². The molecule has 0 fully saturated rings. The lowest BCUT2D eigenvalue weighted by Gasteiger charge is -1.97. The van der Waals surface area contributed by atoms with Gasteiger partial charge in [-0.2, -0.15) is 0 Å². The molecule has 7 heteroatoms. The van der Waals surface area contributed by atoms with E-state index in [9.17, 15) is 0 Å². The summed E-state index contributed by atoms with van der Waals surface area (Å²) in [6.45, 7) is 0. The van der Waals surface area contributed by atoms with Crippen molar-refractivity contribution in [1.82, 2.24) is 19.9 Å². The van der Waals surface area contributed by atoms with Crippen molar-refractivity contribution in [2.24, 2.45) is 7.05 Å². The van der Waals surface area contributed by atoms with E-state index in [4.69, 9.17) is 10.3 Å². The lowest BCUT2D eigenvalue weighted by Crippen LogP contribution is -1.97. The molecule has 0 aliphatic rings. The molecular weight excluding hydrogens is 202 g/mol. The summed E-state index contributed by atoms with van der Waals surface area (Å²) in [4.78, 5) is 0. The number of hydrogen-bond acceptors (Lipinski definition) is 6. The van der Waals surface area contributed by atoms with Crippen LogP contribution in [0.15, 0.2) is 21.9 Å². The third-order valence-electron chi connectivity index (χ3n) is 1.70. The van der Waals surface area contributed by atoms with E-state index in [0.29, 0.717) is 11.7 Å². The molecule has 14 heavy (non-hydrogen) atoms. The van der Waals surface area contributed by atoms with Crippen LogP contribution in [0.4, 0.5) is 5.95 Å². The minimum atomic E-state index is 0.407. The molecule has 6 nitrogen and oxygen atoms in total. The van der Waals surface area contributed by atoms with E-state index in [2.05, 4.69) is 15.4 Å².